The Morgan fingerprint density at radius 3 is 2.47 bits per heavy atom. The Kier molecular flexibility index (Phi) is 5.67. The Balaban J connectivity index is 1.75. The van der Waals surface area contributed by atoms with Gasteiger partial charge in [-0.1, -0.05) is 30.3 Å². The molecule has 0 radical (unpaired) electrons. The number of aromatic nitrogens is 4. The summed E-state index contributed by atoms with van der Waals surface area (Å²) in [4.78, 5) is 38.8. The van der Waals surface area contributed by atoms with E-state index >= 15 is 0 Å². The first-order valence-electron chi connectivity index (χ1n) is 9.87. The van der Waals surface area contributed by atoms with Gasteiger partial charge in [-0.2, -0.15) is 5.10 Å². The van der Waals surface area contributed by atoms with Gasteiger partial charge in [0.2, 0.25) is 5.91 Å². The summed E-state index contributed by atoms with van der Waals surface area (Å²) in [5.41, 5.74) is -0.186. The molecule has 0 saturated carbocycles. The van der Waals surface area contributed by atoms with Crippen LogP contribution in [0, 0.1) is 11.6 Å². The molecule has 2 aromatic carbocycles. The van der Waals surface area contributed by atoms with E-state index in [0.29, 0.717) is 6.54 Å². The third-order valence-corrected chi connectivity index (χ3v) is 4.96. The molecule has 1 N–H and O–H groups in total. The fourth-order valence-electron chi connectivity index (χ4n) is 3.36. The zero-order valence-electron chi connectivity index (χ0n) is 17.1. The number of fused-ring (bicyclic) bond motifs is 1. The van der Waals surface area contributed by atoms with Crippen molar-refractivity contribution in [3.8, 4) is 0 Å². The molecule has 4 rings (SSSR count). The highest BCUT2D eigenvalue weighted by Crippen LogP contribution is 2.14. The van der Waals surface area contributed by atoms with Crippen LogP contribution in [0.3, 0.4) is 0 Å². The number of benzene rings is 2. The van der Waals surface area contributed by atoms with Crippen LogP contribution < -0.4 is 16.6 Å². The van der Waals surface area contributed by atoms with E-state index in [0.717, 1.165) is 26.8 Å². The minimum Gasteiger partial charge on any atom is -0.324 e. The summed E-state index contributed by atoms with van der Waals surface area (Å²) >= 11 is 0. The fourth-order valence-corrected chi connectivity index (χ4v) is 3.36. The van der Waals surface area contributed by atoms with E-state index in [-0.39, 0.29) is 23.3 Å². The molecule has 2 heterocycles. The van der Waals surface area contributed by atoms with Crippen molar-refractivity contribution in [1.29, 1.82) is 0 Å². The topological polar surface area (TPSA) is 90.9 Å². The lowest BCUT2D eigenvalue weighted by Gasteiger charge is -2.12. The molecule has 1 amide bonds. The molecule has 0 atom stereocenters. The van der Waals surface area contributed by atoms with Crippen LogP contribution >= 0.6 is 0 Å². The molecule has 2 aromatic heterocycles. The summed E-state index contributed by atoms with van der Waals surface area (Å²) in [5, 5.41) is 6.68. The monoisotopic (exact) mass is 439 g/mol. The molecule has 32 heavy (non-hydrogen) atoms. The first-order chi connectivity index (χ1) is 15.4. The van der Waals surface area contributed by atoms with Crippen LogP contribution in [-0.4, -0.2) is 24.8 Å². The SMILES string of the molecule is CCn1cc2c(n1)c(=O)n(Cc1ccccc1)c(=O)n2CC(=O)Nc1ccc(F)c(F)c1. The number of hydrogen-bond acceptors (Lipinski definition) is 4. The molecular weight excluding hydrogens is 420 g/mol. The number of nitrogens with zero attached hydrogens (tertiary/aromatic N) is 4. The number of rotatable bonds is 6. The van der Waals surface area contributed by atoms with Crippen LogP contribution in [0.15, 0.2) is 64.3 Å². The number of aryl methyl sites for hydroxylation is 1. The Morgan fingerprint density at radius 1 is 1.03 bits per heavy atom. The highest BCUT2D eigenvalue weighted by molar-refractivity contribution is 5.91. The molecule has 0 aliphatic carbocycles. The number of halogens is 2. The van der Waals surface area contributed by atoms with E-state index in [9.17, 15) is 23.2 Å². The standard InChI is InChI=1S/C22H19F2N5O3/c1-2-27-12-18-20(26-27)21(31)29(11-14-6-4-3-5-7-14)22(32)28(18)13-19(30)25-15-8-9-16(23)17(24)10-15/h3-10,12H,2,11,13H2,1H3,(H,25,30). The Labute approximate surface area is 180 Å². The average Bonchev–Trinajstić information content (AvgIpc) is 3.22. The van der Waals surface area contributed by atoms with Crippen LogP contribution in [0.25, 0.3) is 11.0 Å². The van der Waals surface area contributed by atoms with E-state index in [1.807, 2.05) is 13.0 Å². The third kappa shape index (κ3) is 4.07. The molecule has 0 aliphatic rings. The normalized spacial score (nSPS) is 11.1. The average molecular weight is 439 g/mol. The van der Waals surface area contributed by atoms with Gasteiger partial charge in [0, 0.05) is 24.5 Å². The highest BCUT2D eigenvalue weighted by Gasteiger charge is 2.19. The molecular formula is C22H19F2N5O3. The second-order valence-electron chi connectivity index (χ2n) is 7.14. The van der Waals surface area contributed by atoms with Gasteiger partial charge in [-0.15, -0.1) is 0 Å². The third-order valence-electron chi connectivity index (χ3n) is 4.96. The fraction of sp³-hybridized carbons (Fsp3) is 0.182. The molecule has 0 fully saturated rings. The maximum atomic E-state index is 13.4. The number of hydrogen-bond donors (Lipinski definition) is 1. The molecule has 0 aliphatic heterocycles. The van der Waals surface area contributed by atoms with Crippen molar-refractivity contribution in [2.45, 2.75) is 26.6 Å². The van der Waals surface area contributed by atoms with E-state index in [2.05, 4.69) is 10.4 Å². The van der Waals surface area contributed by atoms with Crippen molar-refractivity contribution in [3.63, 3.8) is 0 Å². The Morgan fingerprint density at radius 2 is 1.78 bits per heavy atom. The molecule has 10 heteroatoms. The molecule has 0 bridgehead atoms. The summed E-state index contributed by atoms with van der Waals surface area (Å²) in [5.74, 6) is -2.79. The van der Waals surface area contributed by atoms with Crippen LogP contribution in [0.1, 0.15) is 12.5 Å². The smallest absolute Gasteiger partial charge is 0.324 e. The summed E-state index contributed by atoms with van der Waals surface area (Å²) in [6.07, 6.45) is 1.52. The number of anilines is 1. The van der Waals surface area contributed by atoms with Crippen molar-refractivity contribution in [3.05, 3.63) is 92.8 Å². The predicted octanol–water partition coefficient (Wildman–Crippen LogP) is 2.34. The minimum atomic E-state index is -1.11. The van der Waals surface area contributed by atoms with E-state index in [1.54, 1.807) is 24.3 Å². The number of amides is 1. The maximum absolute atomic E-state index is 13.4. The lowest BCUT2D eigenvalue weighted by molar-refractivity contribution is -0.116. The van der Waals surface area contributed by atoms with Crippen molar-refractivity contribution in [1.82, 2.24) is 18.9 Å². The summed E-state index contributed by atoms with van der Waals surface area (Å²) < 4.78 is 30.2. The van der Waals surface area contributed by atoms with Crippen LogP contribution in [0.2, 0.25) is 0 Å². The Hall–Kier alpha value is -4.08. The number of carbonyl (C=O) groups is 1. The van der Waals surface area contributed by atoms with Crippen molar-refractivity contribution < 1.29 is 13.6 Å². The van der Waals surface area contributed by atoms with Gasteiger partial charge in [0.05, 0.1) is 12.1 Å². The van der Waals surface area contributed by atoms with Gasteiger partial charge in [0.25, 0.3) is 5.56 Å². The van der Waals surface area contributed by atoms with Gasteiger partial charge in [-0.3, -0.25) is 23.4 Å². The maximum Gasteiger partial charge on any atom is 0.332 e. The van der Waals surface area contributed by atoms with Gasteiger partial charge in [0.1, 0.15) is 6.54 Å². The molecule has 0 unspecified atom stereocenters. The second kappa shape index (κ2) is 8.58. The van der Waals surface area contributed by atoms with E-state index in [1.165, 1.54) is 16.9 Å². The lowest BCUT2D eigenvalue weighted by Crippen LogP contribution is -2.41. The molecule has 4 aromatic rings. The van der Waals surface area contributed by atoms with Gasteiger partial charge in [-0.25, -0.2) is 13.6 Å². The summed E-state index contributed by atoms with van der Waals surface area (Å²) in [7, 11) is 0. The zero-order valence-corrected chi connectivity index (χ0v) is 17.1. The van der Waals surface area contributed by atoms with Gasteiger partial charge in [0.15, 0.2) is 17.2 Å². The summed E-state index contributed by atoms with van der Waals surface area (Å²) in [6, 6.07) is 11.9. The van der Waals surface area contributed by atoms with Crippen molar-refractivity contribution >= 4 is 22.6 Å². The molecule has 0 spiro atoms. The first kappa shape index (κ1) is 21.2. The lowest BCUT2D eigenvalue weighted by atomic mass is 10.2. The number of nitrogens with one attached hydrogen (secondary N) is 1. The highest BCUT2D eigenvalue weighted by atomic mass is 19.2. The van der Waals surface area contributed by atoms with Gasteiger partial charge >= 0.3 is 5.69 Å². The number of carbonyl (C=O) groups excluding carboxylic acids is 1. The van der Waals surface area contributed by atoms with E-state index in [4.69, 9.17) is 0 Å². The summed E-state index contributed by atoms with van der Waals surface area (Å²) in [6.45, 7) is 1.85. The molecule has 164 valence electrons. The minimum absolute atomic E-state index is 0.0121. The van der Waals surface area contributed by atoms with Crippen LogP contribution in [0.5, 0.6) is 0 Å². The second-order valence-corrected chi connectivity index (χ2v) is 7.14. The van der Waals surface area contributed by atoms with Gasteiger partial charge < -0.3 is 5.32 Å². The van der Waals surface area contributed by atoms with Crippen molar-refractivity contribution in [2.75, 3.05) is 5.32 Å². The molecule has 8 nitrogen and oxygen atoms in total. The van der Waals surface area contributed by atoms with Crippen LogP contribution in [-0.2, 0) is 24.4 Å². The largest absolute Gasteiger partial charge is 0.332 e. The quantitative estimate of drug-likeness (QED) is 0.499. The first-order valence-corrected chi connectivity index (χ1v) is 9.87. The predicted molar refractivity (Wildman–Crippen MR) is 114 cm³/mol. The van der Waals surface area contributed by atoms with E-state index < -0.39 is 35.3 Å². The van der Waals surface area contributed by atoms with Crippen molar-refractivity contribution in [2.24, 2.45) is 0 Å². The van der Waals surface area contributed by atoms with Crippen LogP contribution in [0.4, 0.5) is 14.5 Å². The Bertz CT molecular complexity index is 1420. The van der Waals surface area contributed by atoms with Gasteiger partial charge in [-0.05, 0) is 24.6 Å². The molecule has 0 saturated heterocycles. The zero-order chi connectivity index (χ0) is 22.8.